The molecule has 0 bridgehead atoms. The fourth-order valence-electron chi connectivity index (χ4n) is 3.11. The van der Waals surface area contributed by atoms with E-state index in [0.717, 1.165) is 11.1 Å². The molecule has 86 valence electrons. The average Bonchev–Trinajstić information content (AvgIpc) is 2.67. The van der Waals surface area contributed by atoms with Crippen LogP contribution in [0.15, 0.2) is 48.5 Å². The van der Waals surface area contributed by atoms with Crippen LogP contribution in [0.25, 0.3) is 33.0 Å². The molecule has 1 heteroatoms. The summed E-state index contributed by atoms with van der Waals surface area (Å²) in [5.41, 5.74) is 6.07. The number of fused-ring (bicyclic) bond motifs is 3. The van der Waals surface area contributed by atoms with E-state index in [-0.39, 0.29) is 0 Å². The molecule has 0 fully saturated rings. The molecule has 18 heavy (non-hydrogen) atoms. The van der Waals surface area contributed by atoms with Crippen molar-refractivity contribution in [1.29, 1.82) is 0 Å². The molecule has 0 radical (unpaired) electrons. The van der Waals surface area contributed by atoms with Crippen molar-refractivity contribution in [2.45, 2.75) is 6.92 Å². The maximum Gasteiger partial charge on any atom is 0.116 e. The standard InChI is InChI=1S/C17H12O/c1-10-8-12(18)9-15-13-6-2-4-11-5-3-7-14(16(10)15)17(11)13/h2-9,18H,1H3. The van der Waals surface area contributed by atoms with Gasteiger partial charge in [0.15, 0.2) is 0 Å². The molecule has 0 saturated heterocycles. The zero-order valence-electron chi connectivity index (χ0n) is 10.1. The number of hydrogen-bond donors (Lipinski definition) is 1. The van der Waals surface area contributed by atoms with Crippen LogP contribution in [0.4, 0.5) is 0 Å². The van der Waals surface area contributed by atoms with Gasteiger partial charge in [-0.3, -0.25) is 0 Å². The molecule has 0 unspecified atom stereocenters. The van der Waals surface area contributed by atoms with E-state index in [9.17, 15) is 5.11 Å². The van der Waals surface area contributed by atoms with Crippen LogP contribution in [0.2, 0.25) is 0 Å². The Morgan fingerprint density at radius 2 is 1.56 bits per heavy atom. The Hall–Kier alpha value is -2.28. The van der Waals surface area contributed by atoms with Crippen LogP contribution in [-0.2, 0) is 0 Å². The summed E-state index contributed by atoms with van der Waals surface area (Å²) in [4.78, 5) is 0. The van der Waals surface area contributed by atoms with E-state index in [0.29, 0.717) is 5.75 Å². The van der Waals surface area contributed by atoms with Crippen molar-refractivity contribution >= 4 is 10.8 Å². The predicted molar refractivity (Wildman–Crippen MR) is 74.8 cm³/mol. The number of phenols is 1. The highest BCUT2D eigenvalue weighted by molar-refractivity contribution is 6.15. The summed E-state index contributed by atoms with van der Waals surface area (Å²) in [5.74, 6) is 0.344. The Morgan fingerprint density at radius 1 is 0.833 bits per heavy atom. The van der Waals surface area contributed by atoms with Gasteiger partial charge in [-0.2, -0.15) is 0 Å². The van der Waals surface area contributed by atoms with Crippen LogP contribution in [0.5, 0.6) is 5.75 Å². The van der Waals surface area contributed by atoms with Gasteiger partial charge in [0, 0.05) is 0 Å². The Labute approximate surface area is 105 Å². The molecule has 0 amide bonds. The van der Waals surface area contributed by atoms with Crippen molar-refractivity contribution < 1.29 is 5.11 Å². The number of aryl methyl sites for hydroxylation is 1. The first kappa shape index (κ1) is 9.72. The largest absolute Gasteiger partial charge is 0.508 e. The minimum atomic E-state index is 0.344. The van der Waals surface area contributed by atoms with E-state index in [1.54, 1.807) is 0 Å². The van der Waals surface area contributed by atoms with Gasteiger partial charge in [0.2, 0.25) is 0 Å². The molecule has 4 rings (SSSR count). The van der Waals surface area contributed by atoms with Gasteiger partial charge in [-0.15, -0.1) is 0 Å². The van der Waals surface area contributed by atoms with E-state index in [1.165, 1.54) is 27.5 Å². The molecule has 3 aromatic rings. The van der Waals surface area contributed by atoms with Gasteiger partial charge in [0.25, 0.3) is 0 Å². The molecular formula is C17H12O. The minimum absolute atomic E-state index is 0.344. The summed E-state index contributed by atoms with van der Waals surface area (Å²) in [6.45, 7) is 2.06. The Balaban J connectivity index is 2.28. The molecule has 0 spiro atoms. The maximum atomic E-state index is 9.81. The molecule has 0 aromatic heterocycles. The number of phenolic OH excluding ortho intramolecular Hbond substituents is 1. The first-order valence-electron chi connectivity index (χ1n) is 6.12. The second kappa shape index (κ2) is 3.14. The fourth-order valence-corrected chi connectivity index (χ4v) is 3.11. The Morgan fingerprint density at radius 3 is 2.33 bits per heavy atom. The van der Waals surface area contributed by atoms with Gasteiger partial charge in [-0.05, 0) is 57.6 Å². The van der Waals surface area contributed by atoms with E-state index in [1.807, 2.05) is 12.1 Å². The van der Waals surface area contributed by atoms with Crippen LogP contribution >= 0.6 is 0 Å². The number of rotatable bonds is 0. The third-order valence-electron chi connectivity index (χ3n) is 3.78. The normalized spacial score (nSPS) is 11.8. The highest BCUT2D eigenvalue weighted by Gasteiger charge is 2.22. The quantitative estimate of drug-likeness (QED) is 0.473. The first-order chi connectivity index (χ1) is 8.75. The van der Waals surface area contributed by atoms with Crippen molar-refractivity contribution in [3.63, 3.8) is 0 Å². The predicted octanol–water partition coefficient (Wildman–Crippen LogP) is 4.50. The summed E-state index contributed by atoms with van der Waals surface area (Å²) in [7, 11) is 0. The highest BCUT2D eigenvalue weighted by atomic mass is 16.3. The smallest absolute Gasteiger partial charge is 0.116 e. The molecule has 1 N–H and O–H groups in total. The molecule has 1 aliphatic rings. The van der Waals surface area contributed by atoms with Gasteiger partial charge in [-0.1, -0.05) is 36.4 Å². The summed E-state index contributed by atoms with van der Waals surface area (Å²) in [5, 5.41) is 12.4. The monoisotopic (exact) mass is 232 g/mol. The summed E-state index contributed by atoms with van der Waals surface area (Å²) in [6, 6.07) is 16.5. The minimum Gasteiger partial charge on any atom is -0.508 e. The molecule has 0 heterocycles. The third-order valence-corrected chi connectivity index (χ3v) is 3.78. The van der Waals surface area contributed by atoms with Gasteiger partial charge in [0.1, 0.15) is 5.75 Å². The van der Waals surface area contributed by atoms with E-state index >= 15 is 0 Å². The maximum absolute atomic E-state index is 9.81. The van der Waals surface area contributed by atoms with Crippen LogP contribution < -0.4 is 0 Å². The lowest BCUT2D eigenvalue weighted by Gasteiger charge is -2.06. The van der Waals surface area contributed by atoms with Crippen LogP contribution in [0.3, 0.4) is 0 Å². The topological polar surface area (TPSA) is 20.2 Å². The van der Waals surface area contributed by atoms with Crippen LogP contribution in [0.1, 0.15) is 5.56 Å². The van der Waals surface area contributed by atoms with Crippen LogP contribution in [0, 0.1) is 6.92 Å². The summed E-state index contributed by atoms with van der Waals surface area (Å²) < 4.78 is 0. The lowest BCUT2D eigenvalue weighted by Crippen LogP contribution is -1.82. The van der Waals surface area contributed by atoms with E-state index in [2.05, 4.69) is 43.3 Å². The molecule has 0 saturated carbocycles. The van der Waals surface area contributed by atoms with Crippen molar-refractivity contribution in [2.24, 2.45) is 0 Å². The van der Waals surface area contributed by atoms with Gasteiger partial charge < -0.3 is 5.11 Å². The van der Waals surface area contributed by atoms with E-state index in [4.69, 9.17) is 0 Å². The van der Waals surface area contributed by atoms with Crippen LogP contribution in [-0.4, -0.2) is 5.11 Å². The fraction of sp³-hybridized carbons (Fsp3) is 0.0588. The third kappa shape index (κ3) is 1.06. The summed E-state index contributed by atoms with van der Waals surface area (Å²) >= 11 is 0. The first-order valence-corrected chi connectivity index (χ1v) is 6.12. The number of aromatic hydroxyl groups is 1. The lowest BCUT2D eigenvalue weighted by molar-refractivity contribution is 0.475. The van der Waals surface area contributed by atoms with Crippen molar-refractivity contribution in [3.8, 4) is 28.0 Å². The van der Waals surface area contributed by atoms with Crippen molar-refractivity contribution in [1.82, 2.24) is 0 Å². The zero-order chi connectivity index (χ0) is 12.3. The second-order valence-corrected chi connectivity index (χ2v) is 4.89. The van der Waals surface area contributed by atoms with Crippen molar-refractivity contribution in [2.75, 3.05) is 0 Å². The molecular weight excluding hydrogens is 220 g/mol. The highest BCUT2D eigenvalue weighted by Crippen LogP contribution is 2.49. The van der Waals surface area contributed by atoms with Gasteiger partial charge in [-0.25, -0.2) is 0 Å². The molecule has 0 aliphatic heterocycles. The second-order valence-electron chi connectivity index (χ2n) is 4.89. The zero-order valence-corrected chi connectivity index (χ0v) is 10.1. The summed E-state index contributed by atoms with van der Waals surface area (Å²) in [6.07, 6.45) is 0. The SMILES string of the molecule is Cc1cc(O)cc2c1-c1cccc3cccc-2c13. The molecule has 1 aliphatic carbocycles. The Kier molecular flexibility index (Phi) is 1.69. The molecule has 3 aromatic carbocycles. The Bertz CT molecular complexity index is 795. The van der Waals surface area contributed by atoms with Crippen molar-refractivity contribution in [3.05, 3.63) is 54.1 Å². The number of hydrogen-bond acceptors (Lipinski definition) is 1. The van der Waals surface area contributed by atoms with Gasteiger partial charge >= 0.3 is 0 Å². The lowest BCUT2D eigenvalue weighted by atomic mass is 9.99. The molecule has 0 atom stereocenters. The van der Waals surface area contributed by atoms with Gasteiger partial charge in [0.05, 0.1) is 0 Å². The van der Waals surface area contributed by atoms with E-state index < -0.39 is 0 Å². The molecule has 1 nitrogen and oxygen atoms in total. The average molecular weight is 232 g/mol. The number of benzene rings is 3.